The smallest absolute Gasteiger partial charge is 0.320 e. The van der Waals surface area contributed by atoms with Crippen LogP contribution in [0.1, 0.15) is 36.6 Å². The van der Waals surface area contributed by atoms with Crippen molar-refractivity contribution >= 4 is 16.9 Å². The van der Waals surface area contributed by atoms with E-state index in [9.17, 15) is 9.90 Å². The van der Waals surface area contributed by atoms with Gasteiger partial charge in [-0.1, -0.05) is 61.0 Å². The largest absolute Gasteiger partial charge is 0.480 e. The summed E-state index contributed by atoms with van der Waals surface area (Å²) < 4.78 is 0. The lowest BCUT2D eigenvalue weighted by atomic mass is 9.94. The number of hydrogen-bond donors (Lipinski definition) is 1. The first-order valence-electron chi connectivity index (χ1n) is 9.13. The molecule has 0 spiro atoms. The Labute approximate surface area is 153 Å². The van der Waals surface area contributed by atoms with E-state index in [1.165, 1.54) is 0 Å². The second-order valence-electron chi connectivity index (χ2n) is 6.83. The first-order chi connectivity index (χ1) is 12.7. The maximum absolute atomic E-state index is 11.9. The minimum Gasteiger partial charge on any atom is -0.480 e. The van der Waals surface area contributed by atoms with E-state index >= 15 is 0 Å². The number of nitrogens with zero attached hydrogens (tertiary/aromatic N) is 2. The number of fused-ring (bicyclic) bond motifs is 1. The molecule has 132 valence electrons. The molecule has 0 amide bonds. The summed E-state index contributed by atoms with van der Waals surface area (Å²) in [7, 11) is 0. The molecule has 0 aliphatic carbocycles. The molecule has 2 heterocycles. The standard InChI is InChI=1S/C22H22N2O2/c25-22(26)20-12-6-7-15-24(20)21(17-9-2-1-3-10-17)19-14-13-16-8-4-5-11-18(16)23-19/h1-5,8-11,13-14,20-21H,6-7,12,15H2,(H,25,26). The zero-order valence-corrected chi connectivity index (χ0v) is 14.6. The van der Waals surface area contributed by atoms with Gasteiger partial charge in [-0.05, 0) is 37.1 Å². The number of piperidine rings is 1. The SMILES string of the molecule is O=C(O)C1CCCCN1C(c1ccccc1)c1ccc2ccccc2n1. The summed E-state index contributed by atoms with van der Waals surface area (Å²) in [6, 6.07) is 21.7. The molecular formula is C22H22N2O2. The van der Waals surface area contributed by atoms with Crippen molar-refractivity contribution in [3.05, 3.63) is 78.0 Å². The zero-order chi connectivity index (χ0) is 17.9. The van der Waals surface area contributed by atoms with Crippen LogP contribution >= 0.6 is 0 Å². The topological polar surface area (TPSA) is 53.4 Å². The van der Waals surface area contributed by atoms with Gasteiger partial charge in [-0.3, -0.25) is 14.7 Å². The fraction of sp³-hybridized carbons (Fsp3) is 0.273. The van der Waals surface area contributed by atoms with Crippen LogP contribution in [0.3, 0.4) is 0 Å². The Morgan fingerprint density at radius 1 is 1.00 bits per heavy atom. The average molecular weight is 346 g/mol. The van der Waals surface area contributed by atoms with E-state index in [1.54, 1.807) is 0 Å². The van der Waals surface area contributed by atoms with Gasteiger partial charge in [0.15, 0.2) is 0 Å². The van der Waals surface area contributed by atoms with Crippen molar-refractivity contribution in [1.29, 1.82) is 0 Å². The van der Waals surface area contributed by atoms with Gasteiger partial charge in [0.1, 0.15) is 6.04 Å². The van der Waals surface area contributed by atoms with Crippen LogP contribution in [0, 0.1) is 0 Å². The molecule has 1 aliphatic rings. The predicted molar refractivity (Wildman–Crippen MR) is 102 cm³/mol. The first-order valence-corrected chi connectivity index (χ1v) is 9.13. The minimum absolute atomic E-state index is 0.151. The van der Waals surface area contributed by atoms with Gasteiger partial charge in [0.2, 0.25) is 0 Å². The van der Waals surface area contributed by atoms with E-state index < -0.39 is 12.0 Å². The fourth-order valence-corrected chi connectivity index (χ4v) is 3.93. The summed E-state index contributed by atoms with van der Waals surface area (Å²) in [5.74, 6) is -0.744. The van der Waals surface area contributed by atoms with Crippen molar-refractivity contribution in [2.45, 2.75) is 31.3 Å². The highest BCUT2D eigenvalue weighted by molar-refractivity contribution is 5.78. The maximum atomic E-state index is 11.9. The van der Waals surface area contributed by atoms with Crippen LogP contribution in [-0.4, -0.2) is 33.5 Å². The molecule has 1 aliphatic heterocycles. The van der Waals surface area contributed by atoms with Crippen LogP contribution < -0.4 is 0 Å². The predicted octanol–water partition coefficient (Wildman–Crippen LogP) is 4.26. The van der Waals surface area contributed by atoms with E-state index in [0.717, 1.165) is 41.5 Å². The van der Waals surface area contributed by atoms with Crippen LogP contribution in [0.15, 0.2) is 66.7 Å². The summed E-state index contributed by atoms with van der Waals surface area (Å²) in [6.45, 7) is 0.769. The highest BCUT2D eigenvalue weighted by Gasteiger charge is 2.35. The van der Waals surface area contributed by atoms with Gasteiger partial charge in [0, 0.05) is 5.39 Å². The van der Waals surface area contributed by atoms with Gasteiger partial charge in [0.05, 0.1) is 17.3 Å². The Balaban J connectivity index is 1.83. The van der Waals surface area contributed by atoms with Gasteiger partial charge in [-0.25, -0.2) is 0 Å². The average Bonchev–Trinajstić information content (AvgIpc) is 2.69. The number of rotatable bonds is 4. The number of benzene rings is 2. The summed E-state index contributed by atoms with van der Waals surface area (Å²) in [4.78, 5) is 18.9. The normalized spacial score (nSPS) is 19.3. The number of carbonyl (C=O) groups is 1. The molecule has 1 saturated heterocycles. The molecule has 3 aromatic rings. The van der Waals surface area contributed by atoms with E-state index in [-0.39, 0.29) is 6.04 Å². The number of hydrogen-bond acceptors (Lipinski definition) is 3. The van der Waals surface area contributed by atoms with Crippen LogP contribution in [0.5, 0.6) is 0 Å². The van der Waals surface area contributed by atoms with Crippen molar-refractivity contribution in [2.24, 2.45) is 0 Å². The molecule has 1 fully saturated rings. The van der Waals surface area contributed by atoms with Crippen molar-refractivity contribution in [3.8, 4) is 0 Å². The first kappa shape index (κ1) is 16.7. The summed E-state index contributed by atoms with van der Waals surface area (Å²) >= 11 is 0. The third-order valence-electron chi connectivity index (χ3n) is 5.18. The van der Waals surface area contributed by atoms with E-state index in [1.807, 2.05) is 48.5 Å². The number of aromatic nitrogens is 1. The monoisotopic (exact) mass is 346 g/mol. The Morgan fingerprint density at radius 3 is 2.58 bits per heavy atom. The maximum Gasteiger partial charge on any atom is 0.320 e. The number of aliphatic carboxylic acids is 1. The molecule has 4 heteroatoms. The molecule has 0 saturated carbocycles. The molecular weight excluding hydrogens is 324 g/mol. The third-order valence-corrected chi connectivity index (χ3v) is 5.18. The van der Waals surface area contributed by atoms with E-state index in [0.29, 0.717) is 6.42 Å². The Kier molecular flexibility index (Phi) is 4.67. The third kappa shape index (κ3) is 3.20. The molecule has 2 unspecified atom stereocenters. The highest BCUT2D eigenvalue weighted by Crippen LogP contribution is 2.34. The van der Waals surface area contributed by atoms with Crippen LogP contribution in [0.4, 0.5) is 0 Å². The zero-order valence-electron chi connectivity index (χ0n) is 14.6. The van der Waals surface area contributed by atoms with Crippen molar-refractivity contribution in [1.82, 2.24) is 9.88 Å². The minimum atomic E-state index is -0.744. The molecule has 2 aromatic carbocycles. The van der Waals surface area contributed by atoms with Crippen LogP contribution in [-0.2, 0) is 4.79 Å². The highest BCUT2D eigenvalue weighted by atomic mass is 16.4. The number of carboxylic acids is 1. The van der Waals surface area contributed by atoms with Gasteiger partial charge in [-0.15, -0.1) is 0 Å². The number of para-hydroxylation sites is 1. The number of likely N-dealkylation sites (tertiary alicyclic amines) is 1. The molecule has 0 radical (unpaired) electrons. The molecule has 0 bridgehead atoms. The second kappa shape index (κ2) is 7.26. The van der Waals surface area contributed by atoms with Crippen molar-refractivity contribution in [3.63, 3.8) is 0 Å². The van der Waals surface area contributed by atoms with Gasteiger partial charge < -0.3 is 5.11 Å². The van der Waals surface area contributed by atoms with E-state index in [2.05, 4.69) is 23.1 Å². The lowest BCUT2D eigenvalue weighted by Gasteiger charge is -2.39. The van der Waals surface area contributed by atoms with Gasteiger partial charge in [-0.2, -0.15) is 0 Å². The Morgan fingerprint density at radius 2 is 1.77 bits per heavy atom. The van der Waals surface area contributed by atoms with E-state index in [4.69, 9.17) is 4.98 Å². The molecule has 1 aromatic heterocycles. The summed E-state index contributed by atoms with van der Waals surface area (Å²) in [6.07, 6.45) is 2.66. The molecule has 1 N–H and O–H groups in total. The summed E-state index contributed by atoms with van der Waals surface area (Å²) in [5, 5.41) is 10.9. The van der Waals surface area contributed by atoms with Crippen LogP contribution in [0.25, 0.3) is 10.9 Å². The number of pyridine rings is 1. The number of carboxylic acid groups (broad SMARTS) is 1. The van der Waals surface area contributed by atoms with Gasteiger partial charge >= 0.3 is 5.97 Å². The molecule has 4 rings (SSSR count). The van der Waals surface area contributed by atoms with Gasteiger partial charge in [0.25, 0.3) is 0 Å². The fourth-order valence-electron chi connectivity index (χ4n) is 3.93. The lowest BCUT2D eigenvalue weighted by Crippen LogP contribution is -2.47. The van der Waals surface area contributed by atoms with Crippen molar-refractivity contribution < 1.29 is 9.90 Å². The second-order valence-corrected chi connectivity index (χ2v) is 6.83. The molecule has 2 atom stereocenters. The quantitative estimate of drug-likeness (QED) is 0.767. The lowest BCUT2D eigenvalue weighted by molar-refractivity contribution is -0.145. The van der Waals surface area contributed by atoms with Crippen LogP contribution in [0.2, 0.25) is 0 Å². The molecule has 26 heavy (non-hydrogen) atoms. The van der Waals surface area contributed by atoms with Crippen molar-refractivity contribution in [2.75, 3.05) is 6.54 Å². The molecule has 4 nitrogen and oxygen atoms in total. The Hall–Kier alpha value is -2.72. The Bertz CT molecular complexity index is 910. The summed E-state index contributed by atoms with van der Waals surface area (Å²) in [5.41, 5.74) is 2.93.